The maximum Gasteiger partial charge on any atom is 0.248 e. The maximum absolute atomic E-state index is 13.7. The zero-order valence-corrected chi connectivity index (χ0v) is 12.7. The van der Waals surface area contributed by atoms with Crippen LogP contribution in [0.1, 0.15) is 0 Å². The van der Waals surface area contributed by atoms with Crippen LogP contribution in [-0.4, -0.2) is 37.6 Å². The highest BCUT2D eigenvalue weighted by Gasteiger charge is 2.32. The molecule has 11 heteroatoms. The molecule has 0 aliphatic heterocycles. The molecule has 21 heavy (non-hydrogen) atoms. The summed E-state index contributed by atoms with van der Waals surface area (Å²) in [5, 5.41) is 0. The Kier molecular flexibility index (Phi) is 5.36. The van der Waals surface area contributed by atoms with E-state index in [2.05, 4.69) is 15.9 Å². The number of benzene rings is 1. The lowest BCUT2D eigenvalue weighted by molar-refractivity contribution is -0.120. The van der Waals surface area contributed by atoms with Gasteiger partial charge >= 0.3 is 0 Å². The Labute approximate surface area is 127 Å². The van der Waals surface area contributed by atoms with Crippen LogP contribution in [0.3, 0.4) is 0 Å². The molecule has 7 nitrogen and oxygen atoms in total. The fourth-order valence-electron chi connectivity index (χ4n) is 1.48. The molecule has 0 radical (unpaired) electrons. The van der Waals surface area contributed by atoms with Gasteiger partial charge in [0, 0.05) is 10.5 Å². The van der Waals surface area contributed by atoms with Crippen molar-refractivity contribution >= 4 is 37.8 Å². The summed E-state index contributed by atoms with van der Waals surface area (Å²) in [7, 11) is -4.63. The summed E-state index contributed by atoms with van der Waals surface area (Å²) in [5.74, 6) is -4.53. The van der Waals surface area contributed by atoms with E-state index in [4.69, 9.17) is 11.5 Å². The van der Waals surface area contributed by atoms with Gasteiger partial charge < -0.3 is 11.5 Å². The van der Waals surface area contributed by atoms with Crippen molar-refractivity contribution in [3.63, 3.8) is 0 Å². The second-order valence-electron chi connectivity index (χ2n) is 3.90. The predicted octanol–water partition coefficient (Wildman–Crippen LogP) is -0.311. The van der Waals surface area contributed by atoms with E-state index in [1.165, 1.54) is 0 Å². The average Bonchev–Trinajstić information content (AvgIpc) is 2.24. The van der Waals surface area contributed by atoms with E-state index in [9.17, 15) is 26.8 Å². The topological polar surface area (TPSA) is 124 Å². The van der Waals surface area contributed by atoms with Gasteiger partial charge in [0.15, 0.2) is 0 Å². The highest BCUT2D eigenvalue weighted by Crippen LogP contribution is 2.28. The molecule has 0 bridgehead atoms. The van der Waals surface area contributed by atoms with E-state index in [0.717, 1.165) is 6.07 Å². The minimum Gasteiger partial charge on any atom is -0.369 e. The normalized spacial score (nSPS) is 11.6. The Hall–Kier alpha value is -1.59. The quantitative estimate of drug-likeness (QED) is 0.696. The minimum absolute atomic E-state index is 0.304. The number of hydrogen-bond acceptors (Lipinski definition) is 4. The Morgan fingerprint density at radius 2 is 1.62 bits per heavy atom. The molecule has 1 aromatic carbocycles. The zero-order chi connectivity index (χ0) is 16.4. The van der Waals surface area contributed by atoms with Crippen LogP contribution in [0.25, 0.3) is 0 Å². The van der Waals surface area contributed by atoms with Gasteiger partial charge in [0.25, 0.3) is 0 Å². The number of primary amides is 2. The first-order chi connectivity index (χ1) is 9.55. The first-order valence-corrected chi connectivity index (χ1v) is 7.50. The lowest BCUT2D eigenvalue weighted by atomic mass is 10.3. The van der Waals surface area contributed by atoms with Crippen LogP contribution in [0, 0.1) is 11.6 Å². The molecule has 0 unspecified atom stereocenters. The molecule has 0 saturated carbocycles. The standard InChI is InChI=1S/C10H10BrF2N3O4S/c11-6-1-5(12)2-7(13)10(6)21(19,20)16(3-8(14)17)4-9(15)18/h1-2H,3-4H2,(H2,14,17)(H2,15,18). The fourth-order valence-corrected chi connectivity index (χ4v) is 3.96. The number of carbonyl (C=O) groups is 2. The molecule has 0 spiro atoms. The molecule has 1 aromatic rings. The number of hydrogen-bond donors (Lipinski definition) is 2. The first-order valence-electron chi connectivity index (χ1n) is 5.27. The van der Waals surface area contributed by atoms with Gasteiger partial charge in [-0.2, -0.15) is 4.31 Å². The smallest absolute Gasteiger partial charge is 0.248 e. The van der Waals surface area contributed by atoms with Crippen LogP contribution in [-0.2, 0) is 19.6 Å². The van der Waals surface area contributed by atoms with E-state index < -0.39 is 55.9 Å². The predicted molar refractivity (Wildman–Crippen MR) is 71.2 cm³/mol. The monoisotopic (exact) mass is 385 g/mol. The van der Waals surface area contributed by atoms with Crippen molar-refractivity contribution in [1.82, 2.24) is 4.31 Å². The van der Waals surface area contributed by atoms with Gasteiger partial charge in [-0.1, -0.05) is 0 Å². The largest absolute Gasteiger partial charge is 0.369 e. The van der Waals surface area contributed by atoms with Gasteiger partial charge in [-0.15, -0.1) is 0 Å². The molecule has 1 rings (SSSR count). The Balaban J connectivity index is 3.42. The summed E-state index contributed by atoms with van der Waals surface area (Å²) < 4.78 is 51.2. The summed E-state index contributed by atoms with van der Waals surface area (Å²) in [6, 6.07) is 1.08. The summed E-state index contributed by atoms with van der Waals surface area (Å²) in [6.07, 6.45) is 0. The van der Waals surface area contributed by atoms with Gasteiger partial charge in [-0.05, 0) is 22.0 Å². The molecule has 0 atom stereocenters. The molecule has 2 amide bonds. The van der Waals surface area contributed by atoms with Crippen LogP contribution >= 0.6 is 15.9 Å². The summed E-state index contributed by atoms with van der Waals surface area (Å²) in [4.78, 5) is 20.9. The number of nitrogens with two attached hydrogens (primary N) is 2. The van der Waals surface area contributed by atoms with Crippen molar-refractivity contribution in [3.8, 4) is 0 Å². The maximum atomic E-state index is 13.7. The molecule has 4 N–H and O–H groups in total. The van der Waals surface area contributed by atoms with E-state index in [-0.39, 0.29) is 0 Å². The van der Waals surface area contributed by atoms with Crippen molar-refractivity contribution in [2.75, 3.05) is 13.1 Å². The van der Waals surface area contributed by atoms with E-state index in [1.807, 2.05) is 0 Å². The SMILES string of the molecule is NC(=O)CN(CC(N)=O)S(=O)(=O)c1c(F)cc(F)cc1Br. The third-order valence-electron chi connectivity index (χ3n) is 2.23. The van der Waals surface area contributed by atoms with Crippen molar-refractivity contribution in [3.05, 3.63) is 28.2 Å². The number of sulfonamides is 1. The second-order valence-corrected chi connectivity index (χ2v) is 6.63. The molecule has 0 aromatic heterocycles. The number of nitrogens with zero attached hydrogens (tertiary/aromatic N) is 1. The molecule has 0 heterocycles. The van der Waals surface area contributed by atoms with E-state index in [0.29, 0.717) is 10.4 Å². The van der Waals surface area contributed by atoms with Crippen molar-refractivity contribution in [2.24, 2.45) is 11.5 Å². The van der Waals surface area contributed by atoms with Crippen LogP contribution in [0.5, 0.6) is 0 Å². The molecule has 0 aliphatic carbocycles. The Bertz CT molecular complexity index is 657. The molecule has 116 valence electrons. The summed E-state index contributed by atoms with van der Waals surface area (Å²) in [5.41, 5.74) is 9.76. The molecular weight excluding hydrogens is 376 g/mol. The van der Waals surface area contributed by atoms with Crippen LogP contribution in [0.15, 0.2) is 21.5 Å². The van der Waals surface area contributed by atoms with Gasteiger partial charge in [0.2, 0.25) is 21.8 Å². The lowest BCUT2D eigenvalue weighted by Crippen LogP contribution is -2.43. The molecule has 0 fully saturated rings. The zero-order valence-electron chi connectivity index (χ0n) is 10.3. The summed E-state index contributed by atoms with van der Waals surface area (Å²) in [6.45, 7) is -1.76. The number of carbonyl (C=O) groups excluding carboxylic acids is 2. The van der Waals surface area contributed by atoms with Crippen molar-refractivity contribution in [2.45, 2.75) is 4.90 Å². The van der Waals surface area contributed by atoms with E-state index in [1.54, 1.807) is 0 Å². The average molecular weight is 386 g/mol. The lowest BCUT2D eigenvalue weighted by Gasteiger charge is -2.20. The molecule has 0 saturated heterocycles. The van der Waals surface area contributed by atoms with Crippen molar-refractivity contribution < 1.29 is 26.8 Å². The Morgan fingerprint density at radius 3 is 2.00 bits per heavy atom. The molecule has 0 aliphatic rings. The van der Waals surface area contributed by atoms with Crippen LogP contribution in [0.4, 0.5) is 8.78 Å². The van der Waals surface area contributed by atoms with Gasteiger partial charge in [0.05, 0.1) is 13.1 Å². The third kappa shape index (κ3) is 4.19. The van der Waals surface area contributed by atoms with Gasteiger partial charge in [0.1, 0.15) is 16.5 Å². The highest BCUT2D eigenvalue weighted by atomic mass is 79.9. The van der Waals surface area contributed by atoms with Crippen LogP contribution < -0.4 is 11.5 Å². The first kappa shape index (κ1) is 17.5. The minimum atomic E-state index is -4.63. The number of halogens is 3. The fraction of sp³-hybridized carbons (Fsp3) is 0.200. The van der Waals surface area contributed by atoms with Gasteiger partial charge in [-0.3, -0.25) is 9.59 Å². The number of amides is 2. The van der Waals surface area contributed by atoms with Gasteiger partial charge in [-0.25, -0.2) is 17.2 Å². The van der Waals surface area contributed by atoms with Crippen LogP contribution in [0.2, 0.25) is 0 Å². The molecular formula is C10H10BrF2N3O4S. The second kappa shape index (κ2) is 6.45. The van der Waals surface area contributed by atoms with E-state index >= 15 is 0 Å². The highest BCUT2D eigenvalue weighted by molar-refractivity contribution is 9.10. The third-order valence-corrected chi connectivity index (χ3v) is 4.98. The number of rotatable bonds is 6. The Morgan fingerprint density at radius 1 is 1.14 bits per heavy atom. The summed E-state index contributed by atoms with van der Waals surface area (Å²) >= 11 is 2.72. The van der Waals surface area contributed by atoms with Crippen molar-refractivity contribution in [1.29, 1.82) is 0 Å².